The molecule has 0 unspecified atom stereocenters. The van der Waals surface area contributed by atoms with E-state index in [0.29, 0.717) is 5.69 Å². The molecule has 5 rings (SSSR count). The molecule has 3 heterocycles. The summed E-state index contributed by atoms with van der Waals surface area (Å²) in [5, 5.41) is 12.3. The van der Waals surface area contributed by atoms with Gasteiger partial charge in [-0.3, -0.25) is 0 Å². The summed E-state index contributed by atoms with van der Waals surface area (Å²) in [6.45, 7) is 3.47. The number of aromatic nitrogens is 3. The van der Waals surface area contributed by atoms with Crippen LogP contribution in [-0.2, 0) is 6.42 Å². The van der Waals surface area contributed by atoms with Crippen LogP contribution in [0.2, 0.25) is 5.02 Å². The number of nitrogen functional groups attached to an aromatic ring is 1. The quantitative estimate of drug-likeness (QED) is 0.523. The summed E-state index contributed by atoms with van der Waals surface area (Å²) in [6.07, 6.45) is 2.43. The third-order valence-corrected chi connectivity index (χ3v) is 5.96. The number of rotatable bonds is 4. The van der Waals surface area contributed by atoms with Gasteiger partial charge in [-0.1, -0.05) is 48.0 Å². The van der Waals surface area contributed by atoms with Crippen LogP contribution in [0, 0.1) is 0 Å². The number of fused-ring (bicyclic) bond motifs is 1. The minimum atomic E-state index is 0.683. The number of hydrogen-bond acceptors (Lipinski definition) is 6. The maximum Gasteiger partial charge on any atom is 0.159 e. The van der Waals surface area contributed by atoms with E-state index in [4.69, 9.17) is 17.3 Å². The molecule has 1 aliphatic rings. The van der Waals surface area contributed by atoms with Crippen molar-refractivity contribution in [1.29, 1.82) is 0 Å². The van der Waals surface area contributed by atoms with Crippen LogP contribution in [0.25, 0.3) is 10.8 Å². The molecule has 1 saturated heterocycles. The summed E-state index contributed by atoms with van der Waals surface area (Å²) < 4.78 is 0. The van der Waals surface area contributed by atoms with Gasteiger partial charge in [0, 0.05) is 48.4 Å². The molecule has 0 saturated carbocycles. The number of benzene rings is 2. The van der Waals surface area contributed by atoms with Gasteiger partial charge in [0.15, 0.2) is 5.82 Å². The summed E-state index contributed by atoms with van der Waals surface area (Å²) in [5.74, 6) is 1.91. The average Bonchev–Trinajstić information content (AvgIpc) is 2.81. The van der Waals surface area contributed by atoms with Gasteiger partial charge in [-0.15, -0.1) is 5.10 Å². The number of hydrogen-bond donors (Lipinski definition) is 1. The zero-order valence-electron chi connectivity index (χ0n) is 17.1. The van der Waals surface area contributed by atoms with E-state index in [1.165, 1.54) is 5.56 Å². The van der Waals surface area contributed by atoms with E-state index in [-0.39, 0.29) is 0 Å². The van der Waals surface area contributed by atoms with E-state index < -0.39 is 0 Å². The second kappa shape index (κ2) is 8.40. The fraction of sp³-hybridized carbons (Fsp3) is 0.208. The summed E-state index contributed by atoms with van der Waals surface area (Å²) in [5.41, 5.74) is 8.59. The first kappa shape index (κ1) is 19.6. The number of halogens is 1. The van der Waals surface area contributed by atoms with Crippen LogP contribution >= 0.6 is 11.6 Å². The maximum atomic E-state index is 6.03. The first-order valence-electron chi connectivity index (χ1n) is 10.4. The summed E-state index contributed by atoms with van der Waals surface area (Å²) >= 11 is 6.03. The van der Waals surface area contributed by atoms with E-state index in [9.17, 15) is 0 Å². The fourth-order valence-corrected chi connectivity index (χ4v) is 4.16. The van der Waals surface area contributed by atoms with E-state index in [0.717, 1.165) is 65.7 Å². The average molecular weight is 431 g/mol. The molecule has 0 aliphatic carbocycles. The van der Waals surface area contributed by atoms with E-state index in [2.05, 4.69) is 49.2 Å². The molecule has 7 heteroatoms. The van der Waals surface area contributed by atoms with Crippen molar-refractivity contribution in [2.75, 3.05) is 41.7 Å². The Hall–Kier alpha value is -3.38. The molecule has 0 radical (unpaired) electrons. The lowest BCUT2D eigenvalue weighted by atomic mass is 10.0. The molecule has 1 aliphatic heterocycles. The van der Waals surface area contributed by atoms with Crippen LogP contribution in [0.15, 0.2) is 66.9 Å². The molecule has 6 nitrogen and oxygen atoms in total. The molecule has 1 fully saturated rings. The highest BCUT2D eigenvalue weighted by atomic mass is 35.5. The van der Waals surface area contributed by atoms with Crippen LogP contribution in [0.1, 0.15) is 11.3 Å². The fourth-order valence-electron chi connectivity index (χ4n) is 4.04. The normalized spacial score (nSPS) is 14.2. The molecule has 31 heavy (non-hydrogen) atoms. The third-order valence-electron chi connectivity index (χ3n) is 5.70. The summed E-state index contributed by atoms with van der Waals surface area (Å²) in [4.78, 5) is 9.05. The van der Waals surface area contributed by atoms with E-state index >= 15 is 0 Å². The van der Waals surface area contributed by atoms with Crippen LogP contribution in [-0.4, -0.2) is 41.4 Å². The van der Waals surface area contributed by atoms with Crippen molar-refractivity contribution in [2.45, 2.75) is 6.42 Å². The monoisotopic (exact) mass is 430 g/mol. The van der Waals surface area contributed by atoms with Gasteiger partial charge in [-0.2, -0.15) is 5.10 Å². The summed E-state index contributed by atoms with van der Waals surface area (Å²) in [6, 6.07) is 20.2. The van der Waals surface area contributed by atoms with Crippen LogP contribution in [0.3, 0.4) is 0 Å². The van der Waals surface area contributed by atoms with E-state index in [1.807, 2.05) is 36.4 Å². The van der Waals surface area contributed by atoms with Crippen molar-refractivity contribution in [3.8, 4) is 0 Å². The second-order valence-electron chi connectivity index (χ2n) is 7.74. The Morgan fingerprint density at radius 3 is 2.23 bits per heavy atom. The highest BCUT2D eigenvalue weighted by Gasteiger charge is 2.22. The lowest BCUT2D eigenvalue weighted by Gasteiger charge is -2.36. The van der Waals surface area contributed by atoms with Crippen molar-refractivity contribution in [3.05, 3.63) is 83.1 Å². The second-order valence-corrected chi connectivity index (χ2v) is 8.18. The van der Waals surface area contributed by atoms with Gasteiger partial charge in [-0.05, 0) is 29.8 Å². The maximum absolute atomic E-state index is 6.03. The van der Waals surface area contributed by atoms with Crippen LogP contribution in [0.4, 0.5) is 17.3 Å². The molecule has 0 spiro atoms. The van der Waals surface area contributed by atoms with Crippen molar-refractivity contribution in [1.82, 2.24) is 15.2 Å². The third kappa shape index (κ3) is 4.11. The van der Waals surface area contributed by atoms with Crippen molar-refractivity contribution >= 4 is 39.7 Å². The molecule has 2 aromatic carbocycles. The zero-order valence-corrected chi connectivity index (χ0v) is 17.8. The molecular weight excluding hydrogens is 408 g/mol. The molecule has 0 amide bonds. The van der Waals surface area contributed by atoms with Gasteiger partial charge in [0.25, 0.3) is 0 Å². The Morgan fingerprint density at radius 2 is 1.52 bits per heavy atom. The van der Waals surface area contributed by atoms with Gasteiger partial charge in [0.1, 0.15) is 5.82 Å². The molecule has 0 bridgehead atoms. The minimum Gasteiger partial charge on any atom is -0.397 e. The highest BCUT2D eigenvalue weighted by Crippen LogP contribution is 2.28. The summed E-state index contributed by atoms with van der Waals surface area (Å²) in [7, 11) is 0. The van der Waals surface area contributed by atoms with Gasteiger partial charge < -0.3 is 15.5 Å². The van der Waals surface area contributed by atoms with Gasteiger partial charge >= 0.3 is 0 Å². The van der Waals surface area contributed by atoms with Crippen molar-refractivity contribution in [3.63, 3.8) is 0 Å². The lowest BCUT2D eigenvalue weighted by Crippen LogP contribution is -2.47. The van der Waals surface area contributed by atoms with Crippen molar-refractivity contribution in [2.24, 2.45) is 0 Å². The van der Waals surface area contributed by atoms with Gasteiger partial charge in [-0.25, -0.2) is 4.98 Å². The number of piperazine rings is 1. The SMILES string of the molecule is Nc1ccc(N2CCN(c3nnc(Cc4ccc(Cl)cc4)c4ccccc34)CC2)nc1. The standard InChI is InChI=1S/C24H23ClN6/c25-18-7-5-17(6-8-18)15-22-20-3-1-2-4-21(20)24(29-28-22)31-13-11-30(12-14-31)23-10-9-19(26)16-27-23/h1-10,16H,11-15,26H2. The van der Waals surface area contributed by atoms with Gasteiger partial charge in [0.2, 0.25) is 0 Å². The molecule has 4 aromatic rings. The number of nitrogens with zero attached hydrogens (tertiary/aromatic N) is 5. The molecule has 2 aromatic heterocycles. The number of nitrogens with two attached hydrogens (primary N) is 1. The molecule has 0 atom stereocenters. The molecule has 2 N–H and O–H groups in total. The molecular formula is C24H23ClN6. The Balaban J connectivity index is 1.38. The Kier molecular flexibility index (Phi) is 5.30. The lowest BCUT2D eigenvalue weighted by molar-refractivity contribution is 0.639. The zero-order chi connectivity index (χ0) is 21.2. The Labute approximate surface area is 186 Å². The smallest absolute Gasteiger partial charge is 0.159 e. The minimum absolute atomic E-state index is 0.683. The van der Waals surface area contributed by atoms with E-state index in [1.54, 1.807) is 6.20 Å². The van der Waals surface area contributed by atoms with Crippen LogP contribution in [0.5, 0.6) is 0 Å². The predicted molar refractivity (Wildman–Crippen MR) is 127 cm³/mol. The first-order valence-corrected chi connectivity index (χ1v) is 10.8. The molecule has 156 valence electrons. The first-order chi connectivity index (χ1) is 15.2. The van der Waals surface area contributed by atoms with Gasteiger partial charge in [0.05, 0.1) is 17.6 Å². The number of pyridine rings is 1. The predicted octanol–water partition coefficient (Wildman–Crippen LogP) is 4.18. The van der Waals surface area contributed by atoms with Crippen molar-refractivity contribution < 1.29 is 0 Å². The number of anilines is 3. The topological polar surface area (TPSA) is 71.2 Å². The Morgan fingerprint density at radius 1 is 0.806 bits per heavy atom. The Bertz CT molecular complexity index is 1190. The largest absolute Gasteiger partial charge is 0.397 e. The van der Waals surface area contributed by atoms with Crippen LogP contribution < -0.4 is 15.5 Å². The highest BCUT2D eigenvalue weighted by molar-refractivity contribution is 6.30.